The van der Waals surface area contributed by atoms with E-state index in [4.69, 9.17) is 4.74 Å². The Morgan fingerprint density at radius 1 is 1.36 bits per heavy atom. The lowest BCUT2D eigenvalue weighted by Gasteiger charge is -2.38. The largest absolute Gasteiger partial charge is 0.476 e. The molecule has 1 aromatic carbocycles. The van der Waals surface area contributed by atoms with Crippen molar-refractivity contribution in [3.63, 3.8) is 0 Å². The van der Waals surface area contributed by atoms with Crippen molar-refractivity contribution in [2.75, 3.05) is 25.0 Å². The minimum atomic E-state index is -0.875. The molecule has 0 atom stereocenters. The highest BCUT2D eigenvalue weighted by atomic mass is 16.5. The summed E-state index contributed by atoms with van der Waals surface area (Å²) in [6.45, 7) is 6.82. The van der Waals surface area contributed by atoms with Gasteiger partial charge in [-0.25, -0.2) is 0 Å². The molecule has 5 heteroatoms. The molecule has 120 valence electrons. The van der Waals surface area contributed by atoms with Gasteiger partial charge >= 0.3 is 0 Å². The summed E-state index contributed by atoms with van der Waals surface area (Å²) in [5.74, 6) is 0.649. The van der Waals surface area contributed by atoms with Crippen LogP contribution in [-0.4, -0.2) is 37.4 Å². The van der Waals surface area contributed by atoms with Gasteiger partial charge in [0.2, 0.25) is 0 Å². The summed E-state index contributed by atoms with van der Waals surface area (Å²) >= 11 is 0. The second-order valence-electron chi connectivity index (χ2n) is 6.03. The number of carbonyl (C=O) groups is 2. The first-order valence-corrected chi connectivity index (χ1v) is 7.73. The van der Waals surface area contributed by atoms with Crippen molar-refractivity contribution >= 4 is 17.4 Å². The maximum absolute atomic E-state index is 12.6. The number of hydrogen-bond donors (Lipinski definition) is 1. The lowest BCUT2D eigenvalue weighted by Crippen LogP contribution is -2.52. The molecule has 5 nitrogen and oxygen atoms in total. The summed E-state index contributed by atoms with van der Waals surface area (Å²) in [4.78, 5) is 26.5. The molecule has 0 fully saturated rings. The van der Waals surface area contributed by atoms with Crippen LogP contribution in [0.1, 0.15) is 44.0 Å². The van der Waals surface area contributed by atoms with Crippen molar-refractivity contribution in [1.82, 2.24) is 5.32 Å². The highest BCUT2D eigenvalue weighted by Gasteiger charge is 2.40. The molecular formula is C17H24N2O3. The van der Waals surface area contributed by atoms with E-state index in [9.17, 15) is 9.59 Å². The molecular weight excluding hydrogens is 280 g/mol. The van der Waals surface area contributed by atoms with Crippen LogP contribution in [0.25, 0.3) is 0 Å². The Kier molecular flexibility index (Phi) is 4.86. The van der Waals surface area contributed by atoms with Gasteiger partial charge in [0, 0.05) is 25.1 Å². The fourth-order valence-electron chi connectivity index (χ4n) is 2.57. The van der Waals surface area contributed by atoms with Crippen LogP contribution in [0.15, 0.2) is 18.2 Å². The number of hydrogen-bond acceptors (Lipinski definition) is 4. The molecule has 1 heterocycles. The van der Waals surface area contributed by atoms with Gasteiger partial charge in [0.15, 0.2) is 11.4 Å². The van der Waals surface area contributed by atoms with Gasteiger partial charge in [-0.3, -0.25) is 9.59 Å². The second kappa shape index (κ2) is 6.48. The molecule has 0 unspecified atom stereocenters. The van der Waals surface area contributed by atoms with Crippen LogP contribution in [0.5, 0.6) is 5.75 Å². The molecule has 1 amide bonds. The SMILES string of the molecule is CCCN1C(=O)C(C)(C)Oc2ccc(C(=O)CCNC)cc21. The van der Waals surface area contributed by atoms with Crippen molar-refractivity contribution in [1.29, 1.82) is 0 Å². The number of carbonyl (C=O) groups excluding carboxylic acids is 2. The molecule has 0 saturated heterocycles. The van der Waals surface area contributed by atoms with Gasteiger partial charge in [0.25, 0.3) is 5.91 Å². The first-order chi connectivity index (χ1) is 10.4. The predicted octanol–water partition coefficient (Wildman–Crippen LogP) is 2.39. The maximum atomic E-state index is 12.6. The lowest BCUT2D eigenvalue weighted by atomic mass is 10.0. The van der Waals surface area contributed by atoms with E-state index >= 15 is 0 Å². The smallest absolute Gasteiger partial charge is 0.270 e. The minimum Gasteiger partial charge on any atom is -0.476 e. The standard InChI is InChI=1S/C17H24N2O3/c1-5-10-19-13-11-12(14(20)8-9-18-4)6-7-15(13)22-17(2,3)16(19)21/h6-7,11,18H,5,8-10H2,1-4H3. The van der Waals surface area contributed by atoms with Gasteiger partial charge in [0.05, 0.1) is 5.69 Å². The van der Waals surface area contributed by atoms with Crippen molar-refractivity contribution in [2.45, 2.75) is 39.2 Å². The van der Waals surface area contributed by atoms with E-state index in [2.05, 4.69) is 5.32 Å². The molecule has 0 aromatic heterocycles. The molecule has 2 rings (SSSR count). The third-order valence-corrected chi connectivity index (χ3v) is 3.75. The summed E-state index contributed by atoms with van der Waals surface area (Å²) in [5, 5.41) is 2.97. The molecule has 0 radical (unpaired) electrons. The Bertz CT molecular complexity index is 581. The van der Waals surface area contributed by atoms with Crippen LogP contribution >= 0.6 is 0 Å². The van der Waals surface area contributed by atoms with Crippen LogP contribution in [0.4, 0.5) is 5.69 Å². The van der Waals surface area contributed by atoms with E-state index in [-0.39, 0.29) is 11.7 Å². The van der Waals surface area contributed by atoms with Gasteiger partial charge in [-0.2, -0.15) is 0 Å². The zero-order chi connectivity index (χ0) is 16.3. The number of Topliss-reactive ketones (excluding diaryl/α,β-unsaturated/α-hetero) is 1. The Balaban J connectivity index is 2.38. The number of nitrogens with zero attached hydrogens (tertiary/aromatic N) is 1. The van der Waals surface area contributed by atoms with Gasteiger partial charge < -0.3 is 15.0 Å². The molecule has 1 aliphatic heterocycles. The van der Waals surface area contributed by atoms with Crippen LogP contribution in [-0.2, 0) is 4.79 Å². The summed E-state index contributed by atoms with van der Waals surface area (Å²) < 4.78 is 5.81. The monoisotopic (exact) mass is 304 g/mol. The number of benzene rings is 1. The molecule has 0 aliphatic carbocycles. The third kappa shape index (κ3) is 3.14. The number of anilines is 1. The lowest BCUT2D eigenvalue weighted by molar-refractivity contribution is -0.132. The Morgan fingerprint density at radius 2 is 2.09 bits per heavy atom. The number of amides is 1. The summed E-state index contributed by atoms with van der Waals surface area (Å²) in [7, 11) is 1.82. The molecule has 1 N–H and O–H groups in total. The molecule has 1 aliphatic rings. The Labute approximate surface area is 131 Å². The molecule has 1 aromatic rings. The van der Waals surface area contributed by atoms with E-state index in [1.165, 1.54) is 0 Å². The minimum absolute atomic E-state index is 0.0610. The molecule has 22 heavy (non-hydrogen) atoms. The van der Waals surface area contributed by atoms with Crippen molar-refractivity contribution < 1.29 is 14.3 Å². The number of fused-ring (bicyclic) bond motifs is 1. The topological polar surface area (TPSA) is 58.6 Å². The second-order valence-corrected chi connectivity index (χ2v) is 6.03. The molecule has 0 bridgehead atoms. The van der Waals surface area contributed by atoms with Gasteiger partial charge in [0.1, 0.15) is 5.75 Å². The highest BCUT2D eigenvalue weighted by Crippen LogP contribution is 2.38. The Hall–Kier alpha value is -1.88. The van der Waals surface area contributed by atoms with E-state index in [0.29, 0.717) is 36.5 Å². The van der Waals surface area contributed by atoms with Crippen LogP contribution < -0.4 is 15.0 Å². The Morgan fingerprint density at radius 3 is 2.73 bits per heavy atom. The van der Waals surface area contributed by atoms with Crippen LogP contribution in [0.3, 0.4) is 0 Å². The summed E-state index contributed by atoms with van der Waals surface area (Å²) in [6, 6.07) is 5.34. The van der Waals surface area contributed by atoms with Crippen LogP contribution in [0, 0.1) is 0 Å². The highest BCUT2D eigenvalue weighted by molar-refractivity contribution is 6.04. The van der Waals surface area contributed by atoms with Crippen molar-refractivity contribution in [3.05, 3.63) is 23.8 Å². The quantitative estimate of drug-likeness (QED) is 0.820. The van der Waals surface area contributed by atoms with Gasteiger partial charge in [-0.05, 0) is 45.5 Å². The first kappa shape index (κ1) is 16.5. The van der Waals surface area contributed by atoms with Gasteiger partial charge in [-0.1, -0.05) is 6.92 Å². The molecule has 0 spiro atoms. The normalized spacial score (nSPS) is 16.2. The fourth-order valence-corrected chi connectivity index (χ4v) is 2.57. The average Bonchev–Trinajstić information content (AvgIpc) is 2.49. The van der Waals surface area contributed by atoms with Crippen LogP contribution in [0.2, 0.25) is 0 Å². The zero-order valence-electron chi connectivity index (χ0n) is 13.7. The van der Waals surface area contributed by atoms with Gasteiger partial charge in [-0.15, -0.1) is 0 Å². The van der Waals surface area contributed by atoms with E-state index in [1.807, 2.05) is 14.0 Å². The number of ether oxygens (including phenoxy) is 1. The maximum Gasteiger partial charge on any atom is 0.270 e. The summed E-state index contributed by atoms with van der Waals surface area (Å²) in [6.07, 6.45) is 1.28. The zero-order valence-corrected chi connectivity index (χ0v) is 13.7. The first-order valence-electron chi connectivity index (χ1n) is 7.73. The predicted molar refractivity (Wildman–Crippen MR) is 86.7 cm³/mol. The van der Waals surface area contributed by atoms with E-state index in [1.54, 1.807) is 36.9 Å². The van der Waals surface area contributed by atoms with E-state index in [0.717, 1.165) is 6.42 Å². The van der Waals surface area contributed by atoms with Crippen molar-refractivity contribution in [2.24, 2.45) is 0 Å². The third-order valence-electron chi connectivity index (χ3n) is 3.75. The number of rotatable bonds is 6. The van der Waals surface area contributed by atoms with E-state index < -0.39 is 5.60 Å². The number of ketones is 1. The average molecular weight is 304 g/mol. The van der Waals surface area contributed by atoms with Crippen molar-refractivity contribution in [3.8, 4) is 5.75 Å². The number of nitrogens with one attached hydrogen (secondary N) is 1. The molecule has 0 saturated carbocycles. The summed E-state index contributed by atoms with van der Waals surface area (Å²) in [5.41, 5.74) is 0.438. The fraction of sp³-hybridized carbons (Fsp3) is 0.529.